The maximum atomic E-state index is 5.82. The summed E-state index contributed by atoms with van der Waals surface area (Å²) in [5.41, 5.74) is 1.05. The van der Waals surface area contributed by atoms with Crippen molar-refractivity contribution >= 4 is 0 Å². The monoisotopic (exact) mass is 262 g/mol. The van der Waals surface area contributed by atoms with Gasteiger partial charge in [0, 0.05) is 31.5 Å². The lowest BCUT2D eigenvalue weighted by Crippen LogP contribution is -2.25. The summed E-state index contributed by atoms with van der Waals surface area (Å²) in [7, 11) is 0. The molecule has 0 spiro atoms. The van der Waals surface area contributed by atoms with Crippen LogP contribution < -0.4 is 10.1 Å². The number of ether oxygens (including phenoxy) is 2. The van der Waals surface area contributed by atoms with Crippen molar-refractivity contribution in [1.29, 1.82) is 0 Å². The van der Waals surface area contributed by atoms with E-state index < -0.39 is 0 Å². The van der Waals surface area contributed by atoms with Gasteiger partial charge < -0.3 is 14.8 Å². The minimum absolute atomic E-state index is 0.259. The van der Waals surface area contributed by atoms with Gasteiger partial charge in [0.2, 0.25) is 0 Å². The van der Waals surface area contributed by atoms with Gasteiger partial charge in [0.15, 0.2) is 0 Å². The highest BCUT2D eigenvalue weighted by Gasteiger charge is 2.20. The Morgan fingerprint density at radius 1 is 1.32 bits per heavy atom. The van der Waals surface area contributed by atoms with Crippen molar-refractivity contribution in [1.82, 2.24) is 10.3 Å². The van der Waals surface area contributed by atoms with Gasteiger partial charge in [-0.2, -0.15) is 0 Å². The third-order valence-electron chi connectivity index (χ3n) is 3.65. The largest absolute Gasteiger partial charge is 0.491 e. The quantitative estimate of drug-likeness (QED) is 0.854. The first kappa shape index (κ1) is 12.9. The summed E-state index contributed by atoms with van der Waals surface area (Å²) in [6.07, 6.45) is 8.23. The summed E-state index contributed by atoms with van der Waals surface area (Å²) < 4.78 is 11.5. The predicted molar refractivity (Wildman–Crippen MR) is 73.2 cm³/mol. The Bertz CT molecular complexity index is 401. The van der Waals surface area contributed by atoms with Gasteiger partial charge in [-0.3, -0.25) is 4.98 Å². The van der Waals surface area contributed by atoms with Crippen LogP contribution in [-0.4, -0.2) is 30.3 Å². The van der Waals surface area contributed by atoms with Gasteiger partial charge >= 0.3 is 0 Å². The van der Waals surface area contributed by atoms with E-state index in [-0.39, 0.29) is 6.10 Å². The average Bonchev–Trinajstić information content (AvgIpc) is 3.29. The van der Waals surface area contributed by atoms with Crippen molar-refractivity contribution in [3.63, 3.8) is 0 Å². The fraction of sp³-hybridized carbons (Fsp3) is 0.667. The molecule has 0 radical (unpaired) electrons. The van der Waals surface area contributed by atoms with Crippen LogP contribution in [0.2, 0.25) is 0 Å². The molecule has 0 amide bonds. The van der Waals surface area contributed by atoms with Crippen LogP contribution in [0.15, 0.2) is 18.3 Å². The average molecular weight is 262 g/mol. The van der Waals surface area contributed by atoms with Crippen LogP contribution in [0.5, 0.6) is 5.75 Å². The first-order valence-corrected chi connectivity index (χ1v) is 7.33. The van der Waals surface area contributed by atoms with Crippen molar-refractivity contribution in [3.8, 4) is 5.75 Å². The molecule has 0 bridgehead atoms. The molecule has 1 unspecified atom stereocenters. The van der Waals surface area contributed by atoms with Crippen LogP contribution in [0.3, 0.4) is 0 Å². The number of nitrogens with one attached hydrogen (secondary N) is 1. The van der Waals surface area contributed by atoms with Crippen LogP contribution in [0.4, 0.5) is 0 Å². The lowest BCUT2D eigenvalue weighted by molar-refractivity contribution is -0.0111. The Kier molecular flexibility index (Phi) is 4.30. The maximum Gasteiger partial charge on any atom is 0.122 e. The Balaban J connectivity index is 1.47. The highest BCUT2D eigenvalue weighted by Crippen LogP contribution is 2.20. The van der Waals surface area contributed by atoms with Crippen molar-refractivity contribution in [2.45, 2.75) is 50.8 Å². The normalized spacial score (nSPS) is 23.3. The Hall–Kier alpha value is -1.13. The molecule has 1 saturated heterocycles. The second-order valence-corrected chi connectivity index (χ2v) is 5.44. The standard InChI is InChI=1S/C15H22N2O2/c1-2-8-18-15(3-1)11-19-14-6-7-16-13(9-14)10-17-12-4-5-12/h6-7,9,12,15,17H,1-5,8,10-11H2. The summed E-state index contributed by atoms with van der Waals surface area (Å²) in [5, 5.41) is 3.46. The number of hydrogen-bond acceptors (Lipinski definition) is 4. The van der Waals surface area contributed by atoms with Gasteiger partial charge in [0.25, 0.3) is 0 Å². The number of nitrogens with zero attached hydrogens (tertiary/aromatic N) is 1. The van der Waals surface area contributed by atoms with E-state index in [0.717, 1.165) is 31.0 Å². The number of rotatable bonds is 6. The van der Waals surface area contributed by atoms with E-state index in [0.29, 0.717) is 12.6 Å². The van der Waals surface area contributed by atoms with Crippen molar-refractivity contribution in [2.24, 2.45) is 0 Å². The molecule has 1 aromatic heterocycles. The fourth-order valence-electron chi connectivity index (χ4n) is 2.31. The second-order valence-electron chi connectivity index (χ2n) is 5.44. The molecule has 104 valence electrons. The van der Waals surface area contributed by atoms with Crippen LogP contribution in [-0.2, 0) is 11.3 Å². The minimum atomic E-state index is 0.259. The highest BCUT2D eigenvalue weighted by atomic mass is 16.5. The van der Waals surface area contributed by atoms with E-state index in [1.165, 1.54) is 25.7 Å². The summed E-state index contributed by atoms with van der Waals surface area (Å²) in [6.45, 7) is 2.36. The number of pyridine rings is 1. The molecule has 1 aliphatic heterocycles. The van der Waals surface area contributed by atoms with Crippen molar-refractivity contribution in [2.75, 3.05) is 13.2 Å². The minimum Gasteiger partial charge on any atom is -0.491 e. The molecule has 1 atom stereocenters. The molecule has 3 rings (SSSR count). The van der Waals surface area contributed by atoms with E-state index in [1.807, 2.05) is 18.3 Å². The molecule has 1 aromatic rings. The van der Waals surface area contributed by atoms with Gasteiger partial charge in [0.05, 0.1) is 11.8 Å². The summed E-state index contributed by atoms with van der Waals surface area (Å²) in [6, 6.07) is 4.66. The van der Waals surface area contributed by atoms with E-state index >= 15 is 0 Å². The van der Waals surface area contributed by atoms with E-state index in [2.05, 4.69) is 10.3 Å². The summed E-state index contributed by atoms with van der Waals surface area (Å²) in [4.78, 5) is 4.36. The molecule has 1 N–H and O–H groups in total. The topological polar surface area (TPSA) is 43.4 Å². The molecule has 19 heavy (non-hydrogen) atoms. The van der Waals surface area contributed by atoms with E-state index in [9.17, 15) is 0 Å². The number of aromatic nitrogens is 1. The van der Waals surface area contributed by atoms with Gasteiger partial charge in [-0.05, 0) is 38.2 Å². The molecule has 2 heterocycles. The molecule has 2 fully saturated rings. The predicted octanol–water partition coefficient (Wildman–Crippen LogP) is 2.28. The molecular weight excluding hydrogens is 240 g/mol. The first-order chi connectivity index (χ1) is 9.40. The zero-order valence-corrected chi connectivity index (χ0v) is 11.3. The molecule has 4 heteroatoms. The van der Waals surface area contributed by atoms with Crippen LogP contribution >= 0.6 is 0 Å². The molecule has 1 saturated carbocycles. The Morgan fingerprint density at radius 2 is 2.26 bits per heavy atom. The maximum absolute atomic E-state index is 5.82. The summed E-state index contributed by atoms with van der Waals surface area (Å²) in [5.74, 6) is 0.900. The zero-order valence-electron chi connectivity index (χ0n) is 11.3. The van der Waals surface area contributed by atoms with E-state index in [4.69, 9.17) is 9.47 Å². The van der Waals surface area contributed by atoms with Crippen LogP contribution in [0.25, 0.3) is 0 Å². The van der Waals surface area contributed by atoms with E-state index in [1.54, 1.807) is 0 Å². The van der Waals surface area contributed by atoms with Gasteiger partial charge in [-0.25, -0.2) is 0 Å². The SMILES string of the molecule is c1cc(OCC2CCCCO2)cc(CNC2CC2)n1. The molecule has 4 nitrogen and oxygen atoms in total. The smallest absolute Gasteiger partial charge is 0.122 e. The van der Waals surface area contributed by atoms with Gasteiger partial charge in [-0.1, -0.05) is 0 Å². The zero-order chi connectivity index (χ0) is 12.9. The third kappa shape index (κ3) is 4.18. The van der Waals surface area contributed by atoms with Crippen molar-refractivity contribution in [3.05, 3.63) is 24.0 Å². The van der Waals surface area contributed by atoms with Crippen LogP contribution in [0, 0.1) is 0 Å². The Labute approximate surface area is 114 Å². The van der Waals surface area contributed by atoms with Crippen LogP contribution in [0.1, 0.15) is 37.8 Å². The molecule has 1 aliphatic carbocycles. The van der Waals surface area contributed by atoms with Gasteiger partial charge in [0.1, 0.15) is 12.4 Å². The lowest BCUT2D eigenvalue weighted by Gasteiger charge is -2.22. The molecule has 2 aliphatic rings. The first-order valence-electron chi connectivity index (χ1n) is 7.33. The molecule has 0 aromatic carbocycles. The number of hydrogen-bond donors (Lipinski definition) is 1. The summed E-state index contributed by atoms with van der Waals surface area (Å²) >= 11 is 0. The highest BCUT2D eigenvalue weighted by molar-refractivity contribution is 5.22. The van der Waals surface area contributed by atoms with Gasteiger partial charge in [-0.15, -0.1) is 0 Å². The fourth-order valence-corrected chi connectivity index (χ4v) is 2.31. The van der Waals surface area contributed by atoms with Crippen molar-refractivity contribution < 1.29 is 9.47 Å². The Morgan fingerprint density at radius 3 is 3.05 bits per heavy atom. The third-order valence-corrected chi connectivity index (χ3v) is 3.65. The lowest BCUT2D eigenvalue weighted by atomic mass is 10.1. The molecular formula is C15H22N2O2. The second kappa shape index (κ2) is 6.35.